The van der Waals surface area contributed by atoms with Gasteiger partial charge in [-0.25, -0.2) is 0 Å². The van der Waals surface area contributed by atoms with Crippen molar-refractivity contribution in [2.75, 3.05) is 7.05 Å². The fraction of sp³-hybridized carbons (Fsp3) is 0.500. The second kappa shape index (κ2) is 1.28. The quantitative estimate of drug-likeness (QED) is 0.421. The van der Waals surface area contributed by atoms with Crippen molar-refractivity contribution in [3.63, 3.8) is 0 Å². The molecule has 4 nitrogen and oxygen atoms in total. The Labute approximate surface area is 46.6 Å². The third-order valence-electron chi connectivity index (χ3n) is 0.535. The van der Waals surface area contributed by atoms with Gasteiger partial charge in [0.1, 0.15) is 7.05 Å². The van der Waals surface area contributed by atoms with Crippen LogP contribution in [0.25, 0.3) is 0 Å². The maximum atomic E-state index is 4.69. The van der Waals surface area contributed by atoms with Crippen LogP contribution in [-0.4, -0.2) is 17.5 Å². The maximum absolute atomic E-state index is 4.69. The molecule has 0 aliphatic carbocycles. The molecule has 1 aliphatic rings. The molecule has 1 atom stereocenters. The molecule has 7 heavy (non-hydrogen) atoms. The summed E-state index contributed by atoms with van der Waals surface area (Å²) in [5.74, 6) is 0. The summed E-state index contributed by atoms with van der Waals surface area (Å²) >= 11 is 4.69. The average Bonchev–Trinajstić information content (AvgIpc) is 1.84. The van der Waals surface area contributed by atoms with Crippen LogP contribution in [0.2, 0.25) is 0 Å². The van der Waals surface area contributed by atoms with E-state index in [0.717, 1.165) is 0 Å². The van der Waals surface area contributed by atoms with Crippen LogP contribution in [0.3, 0.4) is 0 Å². The third-order valence-corrected chi connectivity index (χ3v) is 0.702. The molecule has 0 aromatic carbocycles. The maximum Gasteiger partial charge on any atom is 0.276 e. The Bertz CT molecular complexity index is 112. The number of hydrogen-bond acceptors (Lipinski definition) is 3. The van der Waals surface area contributed by atoms with Crippen molar-refractivity contribution in [3.8, 4) is 0 Å². The summed E-state index contributed by atoms with van der Waals surface area (Å²) in [6, 6.07) is 0. The van der Waals surface area contributed by atoms with E-state index in [1.54, 1.807) is 7.05 Å². The number of rotatable bonds is 0. The van der Waals surface area contributed by atoms with E-state index in [1.165, 1.54) is 6.34 Å². The van der Waals surface area contributed by atoms with Crippen molar-refractivity contribution in [1.29, 1.82) is 0 Å². The lowest BCUT2D eigenvalue weighted by Crippen LogP contribution is -2.14. The molecule has 0 amide bonds. The molecule has 0 fully saturated rings. The molecule has 1 radical (unpaired) electrons. The second-order valence-electron chi connectivity index (χ2n) is 1.27. The van der Waals surface area contributed by atoms with Gasteiger partial charge in [-0.05, 0) is 5.10 Å². The highest BCUT2D eigenvalue weighted by atomic mass is 32.1. The molecular formula is C2H4N4S+. The summed E-state index contributed by atoms with van der Waals surface area (Å²) in [7, 11) is 1.66. The predicted octanol–water partition coefficient (Wildman–Crippen LogP) is 0.870. The van der Waals surface area contributed by atoms with E-state index in [0.29, 0.717) is 0 Å². The number of quaternary nitrogens is 1. The molecule has 1 rings (SSSR count). The average molecular weight is 116 g/mol. The van der Waals surface area contributed by atoms with Gasteiger partial charge in [0.25, 0.3) is 12.8 Å². The van der Waals surface area contributed by atoms with Crippen LogP contribution >= 0.6 is 12.8 Å². The van der Waals surface area contributed by atoms with Gasteiger partial charge in [0, 0.05) is 4.11 Å². The van der Waals surface area contributed by atoms with Gasteiger partial charge in [-0.15, -0.1) is 0 Å². The minimum atomic E-state index is -0.139. The first-order valence-corrected chi connectivity index (χ1v) is 2.11. The first-order chi connectivity index (χ1) is 3.21. The van der Waals surface area contributed by atoms with Crippen LogP contribution in [0.4, 0.5) is 0 Å². The minimum absolute atomic E-state index is 0.139. The Morgan fingerprint density at radius 1 is 1.71 bits per heavy atom. The van der Waals surface area contributed by atoms with Crippen LogP contribution in [0.15, 0.2) is 15.4 Å². The monoisotopic (exact) mass is 116 g/mol. The molecule has 1 aliphatic heterocycles. The van der Waals surface area contributed by atoms with Crippen LogP contribution < -0.4 is 0 Å². The molecule has 5 heteroatoms. The Hall–Kier alpha value is -0.420. The lowest BCUT2D eigenvalue weighted by Gasteiger charge is -1.98. The normalized spacial score (nSPS) is 37.4. The molecule has 37 valence electrons. The Kier molecular flexibility index (Phi) is 0.862. The second-order valence-corrected chi connectivity index (χ2v) is 1.96. The van der Waals surface area contributed by atoms with Gasteiger partial charge in [-0.1, -0.05) is 5.11 Å². The molecular weight excluding hydrogens is 112 g/mol. The molecule has 1 heterocycles. The summed E-state index contributed by atoms with van der Waals surface area (Å²) in [4.78, 5) is 0. The molecule has 0 aromatic heterocycles. The first-order valence-electron chi connectivity index (χ1n) is 1.75. The van der Waals surface area contributed by atoms with Crippen molar-refractivity contribution < 1.29 is 4.11 Å². The number of nitrogens with zero attached hydrogens (tertiary/aromatic N) is 4. The highest BCUT2D eigenvalue weighted by Crippen LogP contribution is 2.12. The number of hydrogen-bond donors (Lipinski definition) is 0. The van der Waals surface area contributed by atoms with Crippen LogP contribution in [0.5, 0.6) is 0 Å². The van der Waals surface area contributed by atoms with Gasteiger partial charge in [-0.3, -0.25) is 0 Å². The van der Waals surface area contributed by atoms with Gasteiger partial charge in [0.2, 0.25) is 6.34 Å². The van der Waals surface area contributed by atoms with E-state index < -0.39 is 0 Å². The van der Waals surface area contributed by atoms with E-state index in [2.05, 4.69) is 28.3 Å². The van der Waals surface area contributed by atoms with Crippen LogP contribution in [0.1, 0.15) is 0 Å². The highest BCUT2D eigenvalue weighted by Gasteiger charge is 2.19. The molecule has 0 bridgehead atoms. The summed E-state index contributed by atoms with van der Waals surface area (Å²) < 4.78 is -0.139. The lowest BCUT2D eigenvalue weighted by atomic mass is 11.3. The molecule has 0 saturated carbocycles. The van der Waals surface area contributed by atoms with Gasteiger partial charge in [0.05, 0.1) is 5.22 Å². The van der Waals surface area contributed by atoms with Gasteiger partial charge < -0.3 is 0 Å². The van der Waals surface area contributed by atoms with Crippen molar-refractivity contribution in [2.24, 2.45) is 15.4 Å². The third kappa shape index (κ3) is 0.971. The minimum Gasteiger partial charge on any atom is -0.0795 e. The van der Waals surface area contributed by atoms with Gasteiger partial charge >= 0.3 is 0 Å². The standard InChI is InChI=1S/C2H4N4S/c1-6(7)4-2-3-5-6/h2H,1H3/q+1. The van der Waals surface area contributed by atoms with E-state index in [4.69, 9.17) is 0 Å². The molecule has 1 unspecified atom stereocenters. The van der Waals surface area contributed by atoms with E-state index in [-0.39, 0.29) is 4.11 Å². The fourth-order valence-corrected chi connectivity index (χ4v) is 0.345. The molecule has 0 spiro atoms. The summed E-state index contributed by atoms with van der Waals surface area (Å²) in [6.45, 7) is 0. The van der Waals surface area contributed by atoms with Crippen LogP contribution in [-0.2, 0) is 0 Å². The van der Waals surface area contributed by atoms with E-state index in [1.807, 2.05) is 0 Å². The zero-order chi connectivity index (χ0) is 5.33. The molecule has 0 aromatic rings. The fourth-order valence-electron chi connectivity index (χ4n) is 0.261. The predicted molar refractivity (Wildman–Crippen MR) is 27.1 cm³/mol. The first kappa shape index (κ1) is 4.73. The van der Waals surface area contributed by atoms with Crippen molar-refractivity contribution in [3.05, 3.63) is 0 Å². The zero-order valence-corrected chi connectivity index (χ0v) is 4.59. The highest BCUT2D eigenvalue weighted by molar-refractivity contribution is 7.74. The Morgan fingerprint density at radius 2 is 2.43 bits per heavy atom. The SMILES string of the molecule is C[N+]1([S])N=CN=N1. The smallest absolute Gasteiger partial charge is 0.0795 e. The van der Waals surface area contributed by atoms with Crippen molar-refractivity contribution in [1.82, 2.24) is 0 Å². The largest absolute Gasteiger partial charge is 0.276 e. The topological polar surface area (TPSA) is 37.1 Å². The molecule has 0 N–H and O–H groups in total. The van der Waals surface area contributed by atoms with Crippen molar-refractivity contribution in [2.45, 2.75) is 0 Å². The zero-order valence-electron chi connectivity index (χ0n) is 3.77. The summed E-state index contributed by atoms with van der Waals surface area (Å²) in [5.41, 5.74) is 0. The van der Waals surface area contributed by atoms with E-state index in [9.17, 15) is 0 Å². The van der Waals surface area contributed by atoms with E-state index >= 15 is 0 Å². The Morgan fingerprint density at radius 3 is 2.57 bits per heavy atom. The van der Waals surface area contributed by atoms with Gasteiger partial charge in [0.15, 0.2) is 0 Å². The van der Waals surface area contributed by atoms with Gasteiger partial charge in [-0.2, -0.15) is 0 Å². The van der Waals surface area contributed by atoms with Crippen molar-refractivity contribution >= 4 is 19.2 Å². The summed E-state index contributed by atoms with van der Waals surface area (Å²) in [5, 5.41) is 10.6. The summed E-state index contributed by atoms with van der Waals surface area (Å²) in [6.07, 6.45) is 1.34. The Balaban J connectivity index is 2.77. The molecule has 0 saturated heterocycles. The van der Waals surface area contributed by atoms with Crippen LogP contribution in [0, 0.1) is 0 Å². The lowest BCUT2D eigenvalue weighted by molar-refractivity contribution is -0.784.